The lowest BCUT2D eigenvalue weighted by molar-refractivity contribution is 0.0601. The van der Waals surface area contributed by atoms with Gasteiger partial charge in [0.2, 0.25) is 0 Å². The van der Waals surface area contributed by atoms with Gasteiger partial charge in [-0.25, -0.2) is 9.78 Å². The summed E-state index contributed by atoms with van der Waals surface area (Å²) < 4.78 is 4.87. The number of hydrogen-bond donors (Lipinski definition) is 1. The maximum atomic E-state index is 13.0. The Bertz CT molecular complexity index is 1000. The van der Waals surface area contributed by atoms with Gasteiger partial charge in [0.25, 0.3) is 5.91 Å². The smallest absolute Gasteiger partial charge is 0.339 e. The van der Waals surface area contributed by atoms with Crippen molar-refractivity contribution in [2.45, 2.75) is 6.17 Å². The molecule has 3 aromatic rings. The third kappa shape index (κ3) is 2.91. The van der Waals surface area contributed by atoms with E-state index in [-0.39, 0.29) is 5.91 Å². The lowest BCUT2D eigenvalue weighted by Gasteiger charge is -2.27. The van der Waals surface area contributed by atoms with E-state index in [0.717, 1.165) is 5.56 Å². The van der Waals surface area contributed by atoms with Crippen molar-refractivity contribution < 1.29 is 14.3 Å². The number of nitrogens with one attached hydrogen (secondary N) is 1. The van der Waals surface area contributed by atoms with E-state index < -0.39 is 12.1 Å². The van der Waals surface area contributed by atoms with Crippen LogP contribution in [0.2, 0.25) is 0 Å². The Hall–Kier alpha value is -3.67. The molecule has 1 amide bonds. The summed E-state index contributed by atoms with van der Waals surface area (Å²) in [6.45, 7) is 0. The summed E-state index contributed by atoms with van der Waals surface area (Å²) >= 11 is 0. The van der Waals surface area contributed by atoms with Crippen molar-refractivity contribution in [3.63, 3.8) is 0 Å². The summed E-state index contributed by atoms with van der Waals surface area (Å²) in [4.78, 5) is 31.1. The molecule has 1 aliphatic heterocycles. The number of carbonyl (C=O) groups is 2. The van der Waals surface area contributed by atoms with Crippen LogP contribution in [0.3, 0.4) is 0 Å². The Morgan fingerprint density at radius 3 is 2.56 bits per heavy atom. The number of para-hydroxylation sites is 1. The molecule has 6 nitrogen and oxygen atoms in total. The number of anilines is 2. The van der Waals surface area contributed by atoms with Crippen molar-refractivity contribution in [2.75, 3.05) is 17.3 Å². The predicted octanol–water partition coefficient (Wildman–Crippen LogP) is 3.64. The Morgan fingerprint density at radius 2 is 1.78 bits per heavy atom. The van der Waals surface area contributed by atoms with Crippen LogP contribution in [0.5, 0.6) is 0 Å². The lowest BCUT2D eigenvalue weighted by atomic mass is 10.1. The Balaban J connectivity index is 1.80. The van der Waals surface area contributed by atoms with Crippen LogP contribution in [0.4, 0.5) is 11.5 Å². The number of hydrogen-bond acceptors (Lipinski definition) is 5. The van der Waals surface area contributed by atoms with Gasteiger partial charge in [0.15, 0.2) is 0 Å². The number of nitrogens with zero attached hydrogens (tertiary/aromatic N) is 2. The third-order valence-corrected chi connectivity index (χ3v) is 4.48. The summed E-state index contributed by atoms with van der Waals surface area (Å²) in [7, 11) is 1.34. The maximum Gasteiger partial charge on any atom is 0.339 e. The first-order chi connectivity index (χ1) is 13.2. The molecule has 1 N–H and O–H groups in total. The summed E-state index contributed by atoms with van der Waals surface area (Å²) in [6.07, 6.45) is 1.15. The minimum absolute atomic E-state index is 0.141. The number of amides is 1. The molecule has 1 aromatic heterocycles. The van der Waals surface area contributed by atoms with Gasteiger partial charge in [0.1, 0.15) is 12.0 Å². The number of benzene rings is 2. The molecule has 1 atom stereocenters. The molecule has 2 aromatic carbocycles. The van der Waals surface area contributed by atoms with Crippen molar-refractivity contribution in [1.29, 1.82) is 0 Å². The van der Waals surface area contributed by atoms with E-state index in [4.69, 9.17) is 4.74 Å². The molecule has 0 spiro atoms. The molecule has 0 saturated heterocycles. The van der Waals surface area contributed by atoms with Gasteiger partial charge >= 0.3 is 5.97 Å². The minimum atomic E-state index is -0.491. The predicted molar refractivity (Wildman–Crippen MR) is 102 cm³/mol. The van der Waals surface area contributed by atoms with Gasteiger partial charge in [0.05, 0.1) is 18.4 Å². The Kier molecular flexibility index (Phi) is 4.30. The number of aromatic nitrogens is 1. The summed E-state index contributed by atoms with van der Waals surface area (Å²) in [5, 5.41) is 3.32. The van der Waals surface area contributed by atoms with E-state index in [1.165, 1.54) is 7.11 Å². The number of rotatable bonds is 4. The number of ether oxygens (including phenoxy) is 1. The molecule has 0 fully saturated rings. The van der Waals surface area contributed by atoms with E-state index in [0.29, 0.717) is 22.6 Å². The van der Waals surface area contributed by atoms with Crippen LogP contribution in [0.25, 0.3) is 0 Å². The van der Waals surface area contributed by atoms with E-state index in [9.17, 15) is 9.59 Å². The van der Waals surface area contributed by atoms with Crippen LogP contribution in [0.15, 0.2) is 72.9 Å². The van der Waals surface area contributed by atoms with E-state index in [2.05, 4.69) is 10.3 Å². The monoisotopic (exact) mass is 359 g/mol. The van der Waals surface area contributed by atoms with Crippen molar-refractivity contribution in [1.82, 2.24) is 4.98 Å². The Labute approximate surface area is 156 Å². The van der Waals surface area contributed by atoms with E-state index in [1.807, 2.05) is 30.3 Å². The van der Waals surface area contributed by atoms with Crippen LogP contribution in [0.1, 0.15) is 32.4 Å². The topological polar surface area (TPSA) is 71.5 Å². The van der Waals surface area contributed by atoms with Gasteiger partial charge in [-0.3, -0.25) is 9.69 Å². The molecule has 6 heteroatoms. The molecule has 1 aliphatic rings. The number of pyridine rings is 1. The molecule has 0 radical (unpaired) electrons. The highest BCUT2D eigenvalue weighted by atomic mass is 16.5. The molecule has 0 unspecified atom stereocenters. The standard InChI is InChI=1S/C21H17N3O3/c1-27-21(26)16-10-4-5-11-17(16)23-19-14-8-2-3-9-15(14)20(25)24(19)18-12-6-7-13-22-18/h2-13,19,23H,1H3/t19-/m1/s1. The number of methoxy groups -OCH3 is 1. The molecule has 0 bridgehead atoms. The lowest BCUT2D eigenvalue weighted by Crippen LogP contribution is -2.33. The molecule has 2 heterocycles. The van der Waals surface area contributed by atoms with Crippen molar-refractivity contribution in [3.05, 3.63) is 89.6 Å². The first-order valence-corrected chi connectivity index (χ1v) is 8.48. The molecule has 0 aliphatic carbocycles. The normalized spacial score (nSPS) is 15.4. The molecule has 4 rings (SSSR count). The SMILES string of the molecule is COC(=O)c1ccccc1N[C@H]1c2ccccc2C(=O)N1c1ccccn1. The van der Waals surface area contributed by atoms with Gasteiger partial charge in [-0.2, -0.15) is 0 Å². The van der Waals surface area contributed by atoms with Gasteiger partial charge in [-0.05, 0) is 30.3 Å². The Morgan fingerprint density at radius 1 is 1.04 bits per heavy atom. The summed E-state index contributed by atoms with van der Waals surface area (Å²) in [5.41, 5.74) is 2.42. The second-order valence-corrected chi connectivity index (χ2v) is 6.03. The summed E-state index contributed by atoms with van der Waals surface area (Å²) in [6, 6.07) is 19.9. The average Bonchev–Trinajstić information content (AvgIpc) is 3.00. The van der Waals surface area contributed by atoms with Gasteiger partial charge in [-0.15, -0.1) is 0 Å². The van der Waals surface area contributed by atoms with Crippen molar-refractivity contribution >= 4 is 23.4 Å². The fraction of sp³-hybridized carbons (Fsp3) is 0.0952. The van der Waals surface area contributed by atoms with Gasteiger partial charge < -0.3 is 10.1 Å². The van der Waals surface area contributed by atoms with Gasteiger partial charge in [-0.1, -0.05) is 36.4 Å². The maximum absolute atomic E-state index is 13.0. The highest BCUT2D eigenvalue weighted by Gasteiger charge is 2.38. The molecule has 134 valence electrons. The molecular weight excluding hydrogens is 342 g/mol. The minimum Gasteiger partial charge on any atom is -0.465 e. The highest BCUT2D eigenvalue weighted by Crippen LogP contribution is 2.37. The van der Waals surface area contributed by atoms with Crippen molar-refractivity contribution in [3.8, 4) is 0 Å². The van der Waals surface area contributed by atoms with Crippen LogP contribution in [-0.2, 0) is 4.74 Å². The fourth-order valence-corrected chi connectivity index (χ4v) is 3.24. The molecule has 27 heavy (non-hydrogen) atoms. The van der Waals surface area contributed by atoms with Crippen LogP contribution in [0, 0.1) is 0 Å². The van der Waals surface area contributed by atoms with E-state index >= 15 is 0 Å². The van der Waals surface area contributed by atoms with Gasteiger partial charge in [0, 0.05) is 17.3 Å². The zero-order valence-corrected chi connectivity index (χ0v) is 14.6. The molecule has 0 saturated carbocycles. The number of carbonyl (C=O) groups excluding carboxylic acids is 2. The number of fused-ring (bicyclic) bond motifs is 1. The van der Waals surface area contributed by atoms with E-state index in [1.54, 1.807) is 47.5 Å². The fourth-order valence-electron chi connectivity index (χ4n) is 3.24. The van der Waals surface area contributed by atoms with Crippen molar-refractivity contribution in [2.24, 2.45) is 0 Å². The second-order valence-electron chi connectivity index (χ2n) is 6.03. The number of esters is 1. The van der Waals surface area contributed by atoms with Crippen LogP contribution >= 0.6 is 0 Å². The zero-order valence-electron chi connectivity index (χ0n) is 14.6. The largest absolute Gasteiger partial charge is 0.465 e. The highest BCUT2D eigenvalue weighted by molar-refractivity contribution is 6.11. The average molecular weight is 359 g/mol. The first-order valence-electron chi connectivity index (χ1n) is 8.48. The van der Waals surface area contributed by atoms with Crippen LogP contribution in [-0.4, -0.2) is 24.0 Å². The molecular formula is C21H17N3O3. The van der Waals surface area contributed by atoms with Crippen LogP contribution < -0.4 is 10.2 Å². The third-order valence-electron chi connectivity index (χ3n) is 4.48. The quantitative estimate of drug-likeness (QED) is 0.720. The first kappa shape index (κ1) is 16.8. The summed E-state index contributed by atoms with van der Waals surface area (Å²) in [5.74, 6) is -0.0517. The second kappa shape index (κ2) is 6.92. The zero-order chi connectivity index (χ0) is 18.8.